The molecule has 0 spiro atoms. The smallest absolute Gasteiger partial charge is 0.275 e. The molecule has 0 bridgehead atoms. The molecule has 0 saturated heterocycles. The maximum absolute atomic E-state index is 12.2. The van der Waals surface area contributed by atoms with Gasteiger partial charge in [-0.05, 0) is 37.4 Å². The molecule has 130 valence electrons. The summed E-state index contributed by atoms with van der Waals surface area (Å²) in [4.78, 5) is 26.0. The fourth-order valence-corrected chi connectivity index (χ4v) is 3.12. The Bertz CT molecular complexity index is 587. The number of carbonyl (C=O) groups excluding carboxylic acids is 2. The summed E-state index contributed by atoms with van der Waals surface area (Å²) in [6, 6.07) is 7.87. The molecule has 7 heteroatoms. The van der Waals surface area contributed by atoms with E-state index >= 15 is 0 Å². The standard InChI is InChI=1S/C17H23N3O3S/c1-13(2)19-16(21)9-18-17(22)12-20(10-14-5-3-7-23-14)11-15-6-4-8-24-15/h3-8,13H,9-12H2,1-2H3,(H,18,22)(H,19,21)/p+1. The molecule has 2 aromatic heterocycles. The van der Waals surface area contributed by atoms with Crippen LogP contribution in [-0.4, -0.2) is 30.9 Å². The van der Waals surface area contributed by atoms with Gasteiger partial charge in [-0.15, -0.1) is 11.3 Å². The van der Waals surface area contributed by atoms with E-state index in [4.69, 9.17) is 4.42 Å². The lowest BCUT2D eigenvalue weighted by atomic mass is 10.3. The van der Waals surface area contributed by atoms with Gasteiger partial charge >= 0.3 is 0 Å². The van der Waals surface area contributed by atoms with Crippen LogP contribution >= 0.6 is 11.3 Å². The van der Waals surface area contributed by atoms with Crippen LogP contribution in [0.4, 0.5) is 0 Å². The zero-order chi connectivity index (χ0) is 17.4. The Morgan fingerprint density at radius 2 is 2.04 bits per heavy atom. The summed E-state index contributed by atoms with van der Waals surface area (Å²) in [6.07, 6.45) is 1.63. The van der Waals surface area contributed by atoms with Gasteiger partial charge in [-0.25, -0.2) is 0 Å². The van der Waals surface area contributed by atoms with Gasteiger partial charge in [-0.2, -0.15) is 0 Å². The zero-order valence-electron chi connectivity index (χ0n) is 14.0. The number of thiophene rings is 1. The molecule has 0 aliphatic rings. The van der Waals surface area contributed by atoms with Gasteiger partial charge in [-0.3, -0.25) is 9.59 Å². The molecule has 6 nitrogen and oxygen atoms in total. The third-order valence-electron chi connectivity index (χ3n) is 3.31. The summed E-state index contributed by atoms with van der Waals surface area (Å²) in [7, 11) is 0. The summed E-state index contributed by atoms with van der Waals surface area (Å²) in [5.74, 6) is 0.517. The van der Waals surface area contributed by atoms with E-state index in [1.165, 1.54) is 4.88 Å². The molecule has 1 atom stereocenters. The predicted molar refractivity (Wildman–Crippen MR) is 92.6 cm³/mol. The second-order valence-corrected chi connectivity index (χ2v) is 6.97. The van der Waals surface area contributed by atoms with E-state index in [0.717, 1.165) is 17.2 Å². The number of nitrogens with one attached hydrogen (secondary N) is 3. The molecule has 1 unspecified atom stereocenters. The molecular formula is C17H24N3O3S+. The van der Waals surface area contributed by atoms with Crippen LogP contribution < -0.4 is 15.5 Å². The quantitative estimate of drug-likeness (QED) is 0.619. The van der Waals surface area contributed by atoms with Crippen molar-refractivity contribution in [1.29, 1.82) is 0 Å². The molecule has 2 rings (SSSR count). The summed E-state index contributed by atoms with van der Waals surface area (Å²) >= 11 is 1.67. The number of hydrogen-bond donors (Lipinski definition) is 3. The van der Waals surface area contributed by atoms with Crippen molar-refractivity contribution in [3.8, 4) is 0 Å². The maximum atomic E-state index is 12.2. The Hall–Kier alpha value is -2.12. The molecule has 0 aromatic carbocycles. The van der Waals surface area contributed by atoms with E-state index in [-0.39, 0.29) is 30.9 Å². The van der Waals surface area contributed by atoms with Gasteiger partial charge in [0, 0.05) is 6.04 Å². The highest BCUT2D eigenvalue weighted by molar-refractivity contribution is 7.09. The predicted octanol–water partition coefficient (Wildman–Crippen LogP) is 0.567. The Morgan fingerprint density at radius 1 is 1.21 bits per heavy atom. The first kappa shape index (κ1) is 18.2. The van der Waals surface area contributed by atoms with E-state index in [9.17, 15) is 9.59 Å². The number of carbonyl (C=O) groups is 2. The highest BCUT2D eigenvalue weighted by Crippen LogP contribution is 2.06. The Morgan fingerprint density at radius 3 is 2.67 bits per heavy atom. The summed E-state index contributed by atoms with van der Waals surface area (Å²) in [6.45, 7) is 5.42. The van der Waals surface area contributed by atoms with Gasteiger partial charge in [0.25, 0.3) is 5.91 Å². The van der Waals surface area contributed by atoms with Gasteiger partial charge in [-0.1, -0.05) is 6.07 Å². The minimum atomic E-state index is -0.177. The molecule has 24 heavy (non-hydrogen) atoms. The molecule has 2 amide bonds. The van der Waals surface area contributed by atoms with E-state index in [1.807, 2.05) is 37.4 Å². The molecule has 0 saturated carbocycles. The first-order valence-corrected chi connectivity index (χ1v) is 8.85. The van der Waals surface area contributed by atoms with Crippen molar-refractivity contribution < 1.29 is 18.9 Å². The Kier molecular flexibility index (Phi) is 7.02. The van der Waals surface area contributed by atoms with Crippen LogP contribution in [0.3, 0.4) is 0 Å². The van der Waals surface area contributed by atoms with E-state index in [2.05, 4.69) is 16.7 Å². The minimum Gasteiger partial charge on any atom is -0.463 e. The highest BCUT2D eigenvalue weighted by atomic mass is 32.1. The van der Waals surface area contributed by atoms with E-state index in [0.29, 0.717) is 6.54 Å². The summed E-state index contributed by atoms with van der Waals surface area (Å²) < 4.78 is 5.39. The number of rotatable bonds is 9. The van der Waals surface area contributed by atoms with Gasteiger partial charge in [0.15, 0.2) is 12.3 Å². The second-order valence-electron chi connectivity index (χ2n) is 5.94. The molecule has 0 aliphatic heterocycles. The lowest BCUT2D eigenvalue weighted by Crippen LogP contribution is -3.10. The first-order chi connectivity index (χ1) is 11.5. The fraction of sp³-hybridized carbons (Fsp3) is 0.412. The molecule has 2 aromatic rings. The van der Waals surface area contributed by atoms with Crippen LogP contribution in [0.2, 0.25) is 0 Å². The molecule has 2 heterocycles. The van der Waals surface area contributed by atoms with Crippen molar-refractivity contribution in [2.75, 3.05) is 13.1 Å². The van der Waals surface area contributed by atoms with Gasteiger partial charge in [0.05, 0.1) is 17.7 Å². The topological polar surface area (TPSA) is 75.8 Å². The number of amides is 2. The second kappa shape index (κ2) is 9.24. The number of quaternary nitrogens is 1. The maximum Gasteiger partial charge on any atom is 0.275 e. The lowest BCUT2D eigenvalue weighted by Gasteiger charge is -2.17. The molecule has 0 radical (unpaired) electrons. The van der Waals surface area contributed by atoms with Gasteiger partial charge < -0.3 is 20.0 Å². The number of furan rings is 1. The summed E-state index contributed by atoms with van der Waals surface area (Å²) in [5.41, 5.74) is 0. The molecule has 3 N–H and O–H groups in total. The monoisotopic (exact) mass is 350 g/mol. The van der Waals surface area contributed by atoms with Crippen LogP contribution in [0.25, 0.3) is 0 Å². The molecular weight excluding hydrogens is 326 g/mol. The lowest BCUT2D eigenvalue weighted by molar-refractivity contribution is -0.920. The summed E-state index contributed by atoms with van der Waals surface area (Å²) in [5, 5.41) is 7.45. The molecule has 0 aliphatic carbocycles. The van der Waals surface area contributed by atoms with E-state index < -0.39 is 0 Å². The SMILES string of the molecule is CC(C)NC(=O)CNC(=O)C[NH+](Cc1ccco1)Cc1cccs1. The van der Waals surface area contributed by atoms with Crippen LogP contribution in [0.1, 0.15) is 24.5 Å². The van der Waals surface area contributed by atoms with Gasteiger partial charge in [0.2, 0.25) is 5.91 Å². The van der Waals surface area contributed by atoms with Crippen molar-refractivity contribution >= 4 is 23.2 Å². The van der Waals surface area contributed by atoms with Crippen molar-refractivity contribution in [2.45, 2.75) is 33.0 Å². The normalized spacial score (nSPS) is 12.1. The van der Waals surface area contributed by atoms with Crippen LogP contribution in [0.5, 0.6) is 0 Å². The third kappa shape index (κ3) is 6.55. The number of hydrogen-bond acceptors (Lipinski definition) is 4. The van der Waals surface area contributed by atoms with E-state index in [1.54, 1.807) is 17.6 Å². The Balaban J connectivity index is 1.86. The van der Waals surface area contributed by atoms with Crippen molar-refractivity contribution in [3.63, 3.8) is 0 Å². The van der Waals surface area contributed by atoms with Crippen molar-refractivity contribution in [3.05, 3.63) is 46.5 Å². The first-order valence-electron chi connectivity index (χ1n) is 7.97. The average molecular weight is 350 g/mol. The highest BCUT2D eigenvalue weighted by Gasteiger charge is 2.18. The van der Waals surface area contributed by atoms with Crippen LogP contribution in [-0.2, 0) is 22.7 Å². The van der Waals surface area contributed by atoms with Gasteiger partial charge in [0.1, 0.15) is 13.1 Å². The zero-order valence-corrected chi connectivity index (χ0v) is 14.8. The third-order valence-corrected chi connectivity index (χ3v) is 4.19. The minimum absolute atomic E-state index is 0.00402. The van der Waals surface area contributed by atoms with Crippen molar-refractivity contribution in [2.24, 2.45) is 0 Å². The Labute approximate surface area is 145 Å². The average Bonchev–Trinajstić information content (AvgIpc) is 3.18. The largest absolute Gasteiger partial charge is 0.463 e. The van der Waals surface area contributed by atoms with Crippen LogP contribution in [0, 0.1) is 0 Å². The fourth-order valence-electron chi connectivity index (χ4n) is 2.35. The van der Waals surface area contributed by atoms with Crippen molar-refractivity contribution in [1.82, 2.24) is 10.6 Å². The molecule has 0 fully saturated rings. The van der Waals surface area contributed by atoms with Crippen LogP contribution in [0.15, 0.2) is 40.3 Å².